The van der Waals surface area contributed by atoms with Crippen LogP contribution in [0.5, 0.6) is 0 Å². The van der Waals surface area contributed by atoms with Gasteiger partial charge >= 0.3 is 11.9 Å². The first-order chi connectivity index (χ1) is 11.9. The number of carbonyl (C=O) groups is 3. The van der Waals surface area contributed by atoms with Crippen LogP contribution in [0.3, 0.4) is 0 Å². The molecule has 2 fully saturated rings. The molecule has 4 rings (SSSR count). The summed E-state index contributed by atoms with van der Waals surface area (Å²) in [5, 5.41) is 0. The maximum Gasteiger partial charge on any atom is 0.317 e. The lowest BCUT2D eigenvalue weighted by molar-refractivity contribution is -0.155. The molecule has 1 unspecified atom stereocenters. The van der Waals surface area contributed by atoms with Gasteiger partial charge in [0.05, 0.1) is 20.1 Å². The molecule has 25 heavy (non-hydrogen) atoms. The molecule has 3 aliphatic heterocycles. The van der Waals surface area contributed by atoms with Gasteiger partial charge in [0.15, 0.2) is 5.78 Å². The summed E-state index contributed by atoms with van der Waals surface area (Å²) in [7, 11) is 2.82. The van der Waals surface area contributed by atoms with Crippen LogP contribution in [-0.2, 0) is 23.9 Å². The van der Waals surface area contributed by atoms with Crippen molar-refractivity contribution in [3.05, 3.63) is 11.3 Å². The van der Waals surface area contributed by atoms with Gasteiger partial charge in [-0.25, -0.2) is 0 Å². The minimum atomic E-state index is -0.731. The standard InChI is InChI=1S/C19H25NO5/c1-18-10-12(16(22)24-2)13-7-9-19(17(23)25-3)8-5-4-6-11(15(18)21)14(19)20(13)18/h12-13H,4-10H2,1-3H3/t12-,13?,18-,19+/m0/s1. The molecule has 0 aromatic carbocycles. The van der Waals surface area contributed by atoms with Gasteiger partial charge in [0.2, 0.25) is 0 Å². The summed E-state index contributed by atoms with van der Waals surface area (Å²) in [5.41, 5.74) is 0.214. The fraction of sp³-hybridized carbons (Fsp3) is 0.737. The Bertz CT molecular complexity index is 698. The van der Waals surface area contributed by atoms with Gasteiger partial charge in [-0.05, 0) is 45.4 Å². The summed E-state index contributed by atoms with van der Waals surface area (Å²) in [4.78, 5) is 40.6. The van der Waals surface area contributed by atoms with E-state index in [0.717, 1.165) is 24.1 Å². The van der Waals surface area contributed by atoms with Gasteiger partial charge in [-0.2, -0.15) is 0 Å². The van der Waals surface area contributed by atoms with Crippen molar-refractivity contribution < 1.29 is 23.9 Å². The largest absolute Gasteiger partial charge is 0.469 e. The lowest BCUT2D eigenvalue weighted by Gasteiger charge is -2.47. The molecular formula is C19H25NO5. The van der Waals surface area contributed by atoms with E-state index in [9.17, 15) is 14.4 Å². The van der Waals surface area contributed by atoms with Gasteiger partial charge in [-0.3, -0.25) is 14.4 Å². The Kier molecular flexibility index (Phi) is 3.54. The Balaban J connectivity index is 1.88. The second kappa shape index (κ2) is 5.32. The zero-order valence-electron chi connectivity index (χ0n) is 15.1. The number of methoxy groups -OCH3 is 2. The maximum atomic E-state index is 13.3. The molecule has 1 aliphatic carbocycles. The Morgan fingerprint density at radius 3 is 2.60 bits per heavy atom. The third-order valence-electron chi connectivity index (χ3n) is 6.92. The first-order valence-corrected chi connectivity index (χ1v) is 9.15. The lowest BCUT2D eigenvalue weighted by Crippen LogP contribution is -2.53. The van der Waals surface area contributed by atoms with Gasteiger partial charge in [-0.15, -0.1) is 0 Å². The molecule has 4 aliphatic rings. The Labute approximate surface area is 147 Å². The summed E-state index contributed by atoms with van der Waals surface area (Å²) in [5.74, 6) is -0.712. The molecule has 0 bridgehead atoms. The van der Waals surface area contributed by atoms with Gasteiger partial charge < -0.3 is 14.4 Å². The number of hydrogen-bond donors (Lipinski definition) is 0. The molecular weight excluding hydrogens is 322 g/mol. The Hall–Kier alpha value is -1.85. The van der Waals surface area contributed by atoms with E-state index >= 15 is 0 Å². The van der Waals surface area contributed by atoms with Crippen molar-refractivity contribution in [2.75, 3.05) is 14.2 Å². The van der Waals surface area contributed by atoms with E-state index in [-0.39, 0.29) is 29.7 Å². The van der Waals surface area contributed by atoms with Crippen molar-refractivity contribution in [3.8, 4) is 0 Å². The number of carbonyl (C=O) groups excluding carboxylic acids is 3. The van der Waals surface area contributed by atoms with Crippen LogP contribution in [0, 0.1) is 11.3 Å². The van der Waals surface area contributed by atoms with E-state index in [1.54, 1.807) is 0 Å². The fourth-order valence-corrected chi connectivity index (χ4v) is 5.86. The minimum Gasteiger partial charge on any atom is -0.469 e. The molecule has 0 amide bonds. The predicted octanol–water partition coefficient (Wildman–Crippen LogP) is 1.97. The van der Waals surface area contributed by atoms with E-state index in [1.165, 1.54) is 14.2 Å². The summed E-state index contributed by atoms with van der Waals surface area (Å²) in [6, 6.07) is -0.0650. The number of Topliss-reactive ketones (excluding diaryl/α,β-unsaturated/α-hetero) is 1. The van der Waals surface area contributed by atoms with Crippen molar-refractivity contribution in [1.29, 1.82) is 0 Å². The SMILES string of the molecule is COC(=O)[C@H]1C[C@@]2(C)C(=O)C3=C4N2C1CC[C@]4(C(=O)OC)CCCC3. The molecule has 136 valence electrons. The average Bonchev–Trinajstić information content (AvgIpc) is 2.94. The third-order valence-corrected chi connectivity index (χ3v) is 6.92. The van der Waals surface area contributed by atoms with E-state index in [1.807, 2.05) is 6.92 Å². The van der Waals surface area contributed by atoms with Crippen molar-refractivity contribution in [2.45, 2.75) is 63.5 Å². The normalized spacial score (nSPS) is 39.2. The van der Waals surface area contributed by atoms with Crippen molar-refractivity contribution in [2.24, 2.45) is 11.3 Å². The highest BCUT2D eigenvalue weighted by Crippen LogP contribution is 2.61. The highest BCUT2D eigenvalue weighted by Gasteiger charge is 2.67. The average molecular weight is 347 g/mol. The first kappa shape index (κ1) is 16.6. The third kappa shape index (κ3) is 1.88. The minimum absolute atomic E-state index is 0.0650. The van der Waals surface area contributed by atoms with Gasteiger partial charge in [0, 0.05) is 17.3 Å². The summed E-state index contributed by atoms with van der Waals surface area (Å²) >= 11 is 0. The number of nitrogens with zero attached hydrogens (tertiary/aromatic N) is 1. The van der Waals surface area contributed by atoms with Crippen LogP contribution in [0.1, 0.15) is 51.9 Å². The lowest BCUT2D eigenvalue weighted by atomic mass is 9.70. The zero-order chi connectivity index (χ0) is 18.0. The van der Waals surface area contributed by atoms with E-state index in [4.69, 9.17) is 9.47 Å². The van der Waals surface area contributed by atoms with E-state index in [2.05, 4.69) is 4.90 Å². The smallest absolute Gasteiger partial charge is 0.317 e. The van der Waals surface area contributed by atoms with Gasteiger partial charge in [0.25, 0.3) is 0 Å². The maximum absolute atomic E-state index is 13.3. The highest BCUT2D eigenvalue weighted by molar-refractivity contribution is 6.08. The van der Waals surface area contributed by atoms with Crippen LogP contribution in [0.25, 0.3) is 0 Å². The van der Waals surface area contributed by atoms with Crippen molar-refractivity contribution >= 4 is 17.7 Å². The molecule has 0 aromatic heterocycles. The molecule has 0 aromatic rings. The number of rotatable bonds is 2. The van der Waals surface area contributed by atoms with Crippen LogP contribution in [0.4, 0.5) is 0 Å². The first-order valence-electron chi connectivity index (χ1n) is 9.15. The molecule has 6 nitrogen and oxygen atoms in total. The molecule has 0 saturated carbocycles. The number of hydrogen-bond acceptors (Lipinski definition) is 6. The van der Waals surface area contributed by atoms with Crippen LogP contribution < -0.4 is 0 Å². The van der Waals surface area contributed by atoms with Crippen molar-refractivity contribution in [3.63, 3.8) is 0 Å². The predicted molar refractivity (Wildman–Crippen MR) is 88.3 cm³/mol. The summed E-state index contributed by atoms with van der Waals surface area (Å²) in [6.45, 7) is 1.92. The second-order valence-electron chi connectivity index (χ2n) is 8.02. The fourth-order valence-electron chi connectivity index (χ4n) is 5.86. The number of ether oxygens (including phenoxy) is 2. The summed E-state index contributed by atoms with van der Waals surface area (Å²) in [6.07, 6.45) is 5.06. The number of piperidine rings is 1. The number of ketones is 1. The molecule has 4 atom stereocenters. The second-order valence-corrected chi connectivity index (χ2v) is 8.02. The monoisotopic (exact) mass is 347 g/mol. The summed E-state index contributed by atoms with van der Waals surface area (Å²) < 4.78 is 10.2. The molecule has 0 N–H and O–H groups in total. The van der Waals surface area contributed by atoms with Crippen LogP contribution in [-0.4, -0.2) is 48.4 Å². The molecule has 3 heterocycles. The molecule has 0 radical (unpaired) electrons. The van der Waals surface area contributed by atoms with Crippen LogP contribution in [0.15, 0.2) is 11.3 Å². The number of esters is 2. The van der Waals surface area contributed by atoms with E-state index < -0.39 is 11.0 Å². The van der Waals surface area contributed by atoms with Crippen molar-refractivity contribution in [1.82, 2.24) is 4.90 Å². The molecule has 2 saturated heterocycles. The topological polar surface area (TPSA) is 72.9 Å². The highest BCUT2D eigenvalue weighted by atomic mass is 16.5. The molecule has 6 heteroatoms. The van der Waals surface area contributed by atoms with Gasteiger partial charge in [0.1, 0.15) is 11.0 Å². The van der Waals surface area contributed by atoms with Gasteiger partial charge in [-0.1, -0.05) is 6.42 Å². The Morgan fingerprint density at radius 1 is 1.16 bits per heavy atom. The molecule has 0 spiro atoms. The quantitative estimate of drug-likeness (QED) is 0.711. The van der Waals surface area contributed by atoms with Crippen LogP contribution in [0.2, 0.25) is 0 Å². The van der Waals surface area contributed by atoms with E-state index in [0.29, 0.717) is 32.1 Å². The Morgan fingerprint density at radius 2 is 1.92 bits per heavy atom. The zero-order valence-corrected chi connectivity index (χ0v) is 15.1. The van der Waals surface area contributed by atoms with Crippen LogP contribution >= 0.6 is 0 Å².